The molecule has 16 heavy (non-hydrogen) atoms. The Morgan fingerprint density at radius 2 is 1.31 bits per heavy atom. The van der Waals surface area contributed by atoms with Crippen LogP contribution in [0.4, 0.5) is 0 Å². The molecule has 0 heterocycles. The highest BCUT2D eigenvalue weighted by atomic mass is 31.0. The van der Waals surface area contributed by atoms with Gasteiger partial charge in [0.25, 0.3) is 0 Å². The van der Waals surface area contributed by atoms with Crippen molar-refractivity contribution >= 4 is 20.5 Å². The third-order valence-electron chi connectivity index (χ3n) is 1.82. The molecule has 1 atom stereocenters. The van der Waals surface area contributed by atoms with E-state index in [2.05, 4.69) is 9.24 Å². The molecule has 0 aliphatic carbocycles. The van der Waals surface area contributed by atoms with Crippen LogP contribution in [0, 0.1) is 0 Å². The minimum atomic E-state index is -0.879. The van der Waals surface area contributed by atoms with Gasteiger partial charge in [-0.25, -0.2) is 4.79 Å². The maximum absolute atomic E-state index is 10.2. The van der Waals surface area contributed by atoms with E-state index in [0.29, 0.717) is 5.56 Å². The van der Waals surface area contributed by atoms with Crippen LogP contribution < -0.4 is 5.30 Å². The van der Waals surface area contributed by atoms with Gasteiger partial charge in [-0.3, -0.25) is 0 Å². The van der Waals surface area contributed by atoms with E-state index >= 15 is 0 Å². The molecule has 0 bridgehead atoms. The van der Waals surface area contributed by atoms with Crippen LogP contribution in [-0.2, 0) is 0 Å². The monoisotopic (exact) mass is 232 g/mol. The Labute approximate surface area is 97.1 Å². The van der Waals surface area contributed by atoms with Crippen LogP contribution in [0.5, 0.6) is 0 Å². The van der Waals surface area contributed by atoms with E-state index in [9.17, 15) is 4.79 Å². The number of rotatable bonds is 1. The molecular weight excluding hydrogens is 219 g/mol. The van der Waals surface area contributed by atoms with Gasteiger partial charge in [0.1, 0.15) is 0 Å². The SMILES string of the molecule is O=C(O)c1ccccc1.Pc1ccccc1. The number of carbonyl (C=O) groups is 1. The normalized spacial score (nSPS) is 8.81. The number of carboxylic acid groups (broad SMARTS) is 1. The zero-order valence-corrected chi connectivity index (χ0v) is 9.86. The van der Waals surface area contributed by atoms with Crippen LogP contribution in [0.15, 0.2) is 60.7 Å². The van der Waals surface area contributed by atoms with Gasteiger partial charge in [-0.2, -0.15) is 0 Å². The zero-order valence-electron chi connectivity index (χ0n) is 8.71. The number of carboxylic acids is 1. The van der Waals surface area contributed by atoms with Gasteiger partial charge in [-0.05, 0) is 17.4 Å². The van der Waals surface area contributed by atoms with Gasteiger partial charge in [-0.1, -0.05) is 48.5 Å². The molecule has 3 heteroatoms. The van der Waals surface area contributed by atoms with Crippen molar-refractivity contribution in [2.45, 2.75) is 0 Å². The van der Waals surface area contributed by atoms with Crippen molar-refractivity contribution in [1.29, 1.82) is 0 Å². The Morgan fingerprint density at radius 3 is 1.56 bits per heavy atom. The second-order valence-electron chi connectivity index (χ2n) is 3.08. The molecule has 0 aromatic heterocycles. The summed E-state index contributed by atoms with van der Waals surface area (Å²) in [5, 5.41) is 9.62. The number of hydrogen-bond acceptors (Lipinski definition) is 1. The molecule has 2 rings (SSSR count). The summed E-state index contributed by atoms with van der Waals surface area (Å²) in [7, 11) is 2.63. The van der Waals surface area contributed by atoms with Gasteiger partial charge in [0.2, 0.25) is 0 Å². The summed E-state index contributed by atoms with van der Waals surface area (Å²) in [5.74, 6) is -0.879. The highest BCUT2D eigenvalue weighted by Crippen LogP contribution is 1.96. The summed E-state index contributed by atoms with van der Waals surface area (Å²) < 4.78 is 0. The van der Waals surface area contributed by atoms with Crippen LogP contribution in [0.1, 0.15) is 10.4 Å². The first kappa shape index (κ1) is 12.4. The molecule has 82 valence electrons. The summed E-state index contributed by atoms with van der Waals surface area (Å²) >= 11 is 0. The van der Waals surface area contributed by atoms with E-state index < -0.39 is 5.97 Å². The Balaban J connectivity index is 0.000000165. The van der Waals surface area contributed by atoms with E-state index in [1.165, 1.54) is 5.30 Å². The van der Waals surface area contributed by atoms with Crippen molar-refractivity contribution in [3.63, 3.8) is 0 Å². The number of hydrogen-bond donors (Lipinski definition) is 1. The van der Waals surface area contributed by atoms with Crippen molar-refractivity contribution in [2.75, 3.05) is 0 Å². The van der Waals surface area contributed by atoms with Gasteiger partial charge >= 0.3 is 5.97 Å². The Morgan fingerprint density at radius 1 is 0.875 bits per heavy atom. The minimum absolute atomic E-state index is 0.331. The molecule has 0 amide bonds. The third kappa shape index (κ3) is 4.72. The molecule has 0 radical (unpaired) electrons. The van der Waals surface area contributed by atoms with Crippen LogP contribution in [0.25, 0.3) is 0 Å². The summed E-state index contributed by atoms with van der Waals surface area (Å²) in [6, 6.07) is 18.4. The summed E-state index contributed by atoms with van der Waals surface area (Å²) in [6.45, 7) is 0. The highest BCUT2D eigenvalue weighted by molar-refractivity contribution is 7.27. The van der Waals surface area contributed by atoms with E-state index in [1.807, 2.05) is 30.3 Å². The van der Waals surface area contributed by atoms with Gasteiger partial charge in [0, 0.05) is 0 Å². The quantitative estimate of drug-likeness (QED) is 0.767. The number of benzene rings is 2. The van der Waals surface area contributed by atoms with Crippen LogP contribution in [0.3, 0.4) is 0 Å². The molecule has 0 spiro atoms. The van der Waals surface area contributed by atoms with Gasteiger partial charge in [0.05, 0.1) is 5.56 Å². The summed E-state index contributed by atoms with van der Waals surface area (Å²) in [5.41, 5.74) is 0.331. The lowest BCUT2D eigenvalue weighted by Gasteiger charge is -1.88. The van der Waals surface area contributed by atoms with E-state index in [4.69, 9.17) is 5.11 Å². The topological polar surface area (TPSA) is 37.3 Å². The molecule has 1 unspecified atom stereocenters. The molecule has 0 saturated heterocycles. The Kier molecular flexibility index (Phi) is 5.24. The largest absolute Gasteiger partial charge is 0.478 e. The fourth-order valence-corrected chi connectivity index (χ4v) is 1.26. The third-order valence-corrected chi connectivity index (χ3v) is 2.21. The second kappa shape index (κ2) is 6.76. The lowest BCUT2D eigenvalue weighted by Crippen LogP contribution is -1.93. The maximum Gasteiger partial charge on any atom is 0.335 e. The Bertz CT molecular complexity index is 426. The van der Waals surface area contributed by atoms with Crippen molar-refractivity contribution in [2.24, 2.45) is 0 Å². The van der Waals surface area contributed by atoms with Crippen LogP contribution in [0.2, 0.25) is 0 Å². The van der Waals surface area contributed by atoms with E-state index in [-0.39, 0.29) is 0 Å². The zero-order chi connectivity index (χ0) is 11.8. The first-order valence-electron chi connectivity index (χ1n) is 4.79. The van der Waals surface area contributed by atoms with Crippen molar-refractivity contribution in [1.82, 2.24) is 0 Å². The van der Waals surface area contributed by atoms with Gasteiger partial charge in [0.15, 0.2) is 0 Å². The van der Waals surface area contributed by atoms with Gasteiger partial charge < -0.3 is 5.11 Å². The fourth-order valence-electron chi connectivity index (χ4n) is 1.03. The standard InChI is InChI=1S/C7H6O2.C6H7P/c8-7(9)6-4-2-1-3-5-6;7-6-4-2-1-3-5-6/h1-5H,(H,8,9);1-5H,7H2. The molecule has 0 fully saturated rings. The molecule has 0 aliphatic rings. The average molecular weight is 232 g/mol. The Hall–Kier alpha value is -1.66. The average Bonchev–Trinajstić information content (AvgIpc) is 2.32. The second-order valence-corrected chi connectivity index (χ2v) is 3.75. The summed E-state index contributed by atoms with van der Waals surface area (Å²) in [6.07, 6.45) is 0. The molecule has 2 aromatic carbocycles. The van der Waals surface area contributed by atoms with Crippen molar-refractivity contribution in [3.8, 4) is 0 Å². The predicted molar refractivity (Wildman–Crippen MR) is 69.2 cm³/mol. The lowest BCUT2D eigenvalue weighted by molar-refractivity contribution is 0.0697. The molecule has 0 saturated carbocycles. The van der Waals surface area contributed by atoms with Gasteiger partial charge in [-0.15, -0.1) is 9.24 Å². The molecule has 2 nitrogen and oxygen atoms in total. The molecule has 0 aliphatic heterocycles. The minimum Gasteiger partial charge on any atom is -0.478 e. The highest BCUT2D eigenvalue weighted by Gasteiger charge is 1.96. The predicted octanol–water partition coefficient (Wildman–Crippen LogP) is 2.57. The van der Waals surface area contributed by atoms with Crippen molar-refractivity contribution < 1.29 is 9.90 Å². The maximum atomic E-state index is 10.2. The van der Waals surface area contributed by atoms with Crippen LogP contribution >= 0.6 is 9.24 Å². The summed E-state index contributed by atoms with van der Waals surface area (Å²) in [4.78, 5) is 10.2. The van der Waals surface area contributed by atoms with Crippen molar-refractivity contribution in [3.05, 3.63) is 66.2 Å². The number of aromatic carboxylic acids is 1. The first-order chi connectivity index (χ1) is 7.70. The van der Waals surface area contributed by atoms with Crippen LogP contribution in [-0.4, -0.2) is 11.1 Å². The molecule has 2 aromatic rings. The molecular formula is C13H13O2P. The fraction of sp³-hybridized carbons (Fsp3) is 0. The lowest BCUT2D eigenvalue weighted by atomic mass is 10.2. The van der Waals surface area contributed by atoms with E-state index in [0.717, 1.165) is 0 Å². The van der Waals surface area contributed by atoms with E-state index in [1.54, 1.807) is 30.3 Å². The first-order valence-corrected chi connectivity index (χ1v) is 5.37. The smallest absolute Gasteiger partial charge is 0.335 e. The molecule has 1 N–H and O–H groups in total.